The third-order valence-electron chi connectivity index (χ3n) is 3.32. The Morgan fingerprint density at radius 3 is 2.41 bits per heavy atom. The van der Waals surface area contributed by atoms with Crippen molar-refractivity contribution < 1.29 is 9.90 Å². The number of anilines is 1. The van der Waals surface area contributed by atoms with E-state index in [0.717, 1.165) is 32.0 Å². The zero-order valence-corrected chi connectivity index (χ0v) is 9.91. The SMILES string of the molecule is CN(c1ncc(C=O)cn1)C1CCC(O)CC1. The highest BCUT2D eigenvalue weighted by molar-refractivity contribution is 5.73. The van der Waals surface area contributed by atoms with Crippen molar-refractivity contribution in [3.63, 3.8) is 0 Å². The summed E-state index contributed by atoms with van der Waals surface area (Å²) in [5, 5.41) is 9.46. The fourth-order valence-corrected chi connectivity index (χ4v) is 2.18. The number of hydrogen-bond donors (Lipinski definition) is 1. The molecule has 2 rings (SSSR count). The maximum Gasteiger partial charge on any atom is 0.225 e. The quantitative estimate of drug-likeness (QED) is 0.793. The molecule has 1 N–H and O–H groups in total. The largest absolute Gasteiger partial charge is 0.393 e. The molecule has 5 nitrogen and oxygen atoms in total. The van der Waals surface area contributed by atoms with Gasteiger partial charge in [0, 0.05) is 25.5 Å². The minimum atomic E-state index is -0.155. The van der Waals surface area contributed by atoms with E-state index in [9.17, 15) is 9.90 Å². The van der Waals surface area contributed by atoms with E-state index in [-0.39, 0.29) is 6.10 Å². The van der Waals surface area contributed by atoms with E-state index in [2.05, 4.69) is 9.97 Å². The predicted molar refractivity (Wildman–Crippen MR) is 64.1 cm³/mol. The third-order valence-corrected chi connectivity index (χ3v) is 3.32. The average Bonchev–Trinajstić information content (AvgIpc) is 2.39. The highest BCUT2D eigenvalue weighted by Crippen LogP contribution is 2.24. The second-order valence-corrected chi connectivity index (χ2v) is 4.51. The number of aldehydes is 1. The van der Waals surface area contributed by atoms with E-state index in [0.29, 0.717) is 17.6 Å². The van der Waals surface area contributed by atoms with Crippen molar-refractivity contribution in [1.29, 1.82) is 0 Å². The molecule has 0 unspecified atom stereocenters. The summed E-state index contributed by atoms with van der Waals surface area (Å²) >= 11 is 0. The molecule has 0 bridgehead atoms. The molecular weight excluding hydrogens is 218 g/mol. The fraction of sp³-hybridized carbons (Fsp3) is 0.583. The maximum atomic E-state index is 10.5. The summed E-state index contributed by atoms with van der Waals surface area (Å²) in [4.78, 5) is 20.9. The van der Waals surface area contributed by atoms with Crippen LogP contribution in [0.1, 0.15) is 36.0 Å². The van der Waals surface area contributed by atoms with E-state index >= 15 is 0 Å². The van der Waals surface area contributed by atoms with Gasteiger partial charge in [0.2, 0.25) is 5.95 Å². The first kappa shape index (κ1) is 12.0. The van der Waals surface area contributed by atoms with Crippen LogP contribution in [0.2, 0.25) is 0 Å². The molecule has 92 valence electrons. The molecule has 1 aliphatic rings. The molecule has 1 aromatic heterocycles. The second-order valence-electron chi connectivity index (χ2n) is 4.51. The van der Waals surface area contributed by atoms with E-state index in [1.54, 1.807) is 0 Å². The summed E-state index contributed by atoms with van der Waals surface area (Å²) in [6.45, 7) is 0. The number of hydrogen-bond acceptors (Lipinski definition) is 5. The van der Waals surface area contributed by atoms with Gasteiger partial charge in [-0.05, 0) is 25.7 Å². The Hall–Kier alpha value is -1.49. The Morgan fingerprint density at radius 1 is 1.29 bits per heavy atom. The van der Waals surface area contributed by atoms with Crippen LogP contribution >= 0.6 is 0 Å². The summed E-state index contributed by atoms with van der Waals surface area (Å²) < 4.78 is 0. The Morgan fingerprint density at radius 2 is 1.88 bits per heavy atom. The van der Waals surface area contributed by atoms with Gasteiger partial charge in [0.05, 0.1) is 11.7 Å². The normalized spacial score (nSPS) is 24.4. The van der Waals surface area contributed by atoms with Crippen LogP contribution in [0, 0.1) is 0 Å². The minimum absolute atomic E-state index is 0.155. The van der Waals surface area contributed by atoms with Crippen LogP contribution in [0.3, 0.4) is 0 Å². The van der Waals surface area contributed by atoms with Gasteiger partial charge in [-0.25, -0.2) is 9.97 Å². The van der Waals surface area contributed by atoms with Crippen LogP contribution in [-0.2, 0) is 0 Å². The molecule has 17 heavy (non-hydrogen) atoms. The first-order valence-electron chi connectivity index (χ1n) is 5.89. The lowest BCUT2D eigenvalue weighted by Gasteiger charge is -2.32. The molecule has 0 saturated heterocycles. The van der Waals surface area contributed by atoms with Crippen LogP contribution in [0.4, 0.5) is 5.95 Å². The number of nitrogens with zero attached hydrogens (tertiary/aromatic N) is 3. The molecule has 5 heteroatoms. The van der Waals surface area contributed by atoms with Crippen molar-refractivity contribution in [3.8, 4) is 0 Å². The number of rotatable bonds is 3. The lowest BCUT2D eigenvalue weighted by Crippen LogP contribution is -2.37. The first-order valence-corrected chi connectivity index (χ1v) is 5.89. The molecule has 1 saturated carbocycles. The van der Waals surface area contributed by atoms with Crippen molar-refractivity contribution in [2.75, 3.05) is 11.9 Å². The summed E-state index contributed by atoms with van der Waals surface area (Å²) in [6.07, 6.45) is 7.22. The van der Waals surface area contributed by atoms with Crippen molar-refractivity contribution in [1.82, 2.24) is 9.97 Å². The predicted octanol–water partition coefficient (Wildman–Crippen LogP) is 1.03. The fourth-order valence-electron chi connectivity index (χ4n) is 2.18. The van der Waals surface area contributed by atoms with Gasteiger partial charge < -0.3 is 10.0 Å². The highest BCUT2D eigenvalue weighted by Gasteiger charge is 2.23. The molecule has 1 aromatic rings. The van der Waals surface area contributed by atoms with Crippen LogP contribution in [0.25, 0.3) is 0 Å². The Labute approximate surface area is 100 Å². The van der Waals surface area contributed by atoms with E-state index in [4.69, 9.17) is 0 Å². The van der Waals surface area contributed by atoms with E-state index < -0.39 is 0 Å². The summed E-state index contributed by atoms with van der Waals surface area (Å²) in [5.41, 5.74) is 0.487. The molecule has 0 aromatic carbocycles. The van der Waals surface area contributed by atoms with Gasteiger partial charge in [0.15, 0.2) is 6.29 Å². The summed E-state index contributed by atoms with van der Waals surface area (Å²) in [7, 11) is 1.96. The van der Waals surface area contributed by atoms with Gasteiger partial charge >= 0.3 is 0 Å². The third kappa shape index (κ3) is 2.79. The smallest absolute Gasteiger partial charge is 0.225 e. The van der Waals surface area contributed by atoms with Crippen molar-refractivity contribution in [2.45, 2.75) is 37.8 Å². The minimum Gasteiger partial charge on any atom is -0.393 e. The van der Waals surface area contributed by atoms with Crippen LogP contribution < -0.4 is 4.90 Å². The maximum absolute atomic E-state index is 10.5. The monoisotopic (exact) mass is 235 g/mol. The first-order chi connectivity index (χ1) is 8.20. The van der Waals surface area contributed by atoms with Gasteiger partial charge in [-0.2, -0.15) is 0 Å². The second kappa shape index (κ2) is 5.23. The topological polar surface area (TPSA) is 66.3 Å². The van der Waals surface area contributed by atoms with Gasteiger partial charge in [-0.1, -0.05) is 0 Å². The average molecular weight is 235 g/mol. The lowest BCUT2D eigenvalue weighted by atomic mass is 9.92. The Bertz CT molecular complexity index is 372. The van der Waals surface area contributed by atoms with Crippen molar-refractivity contribution in [3.05, 3.63) is 18.0 Å². The standard InChI is InChI=1S/C12H17N3O2/c1-15(10-2-4-11(17)5-3-10)12-13-6-9(8-16)7-14-12/h6-8,10-11,17H,2-5H2,1H3. The molecule has 0 aliphatic heterocycles. The van der Waals surface area contributed by atoms with Crippen LogP contribution in [0.15, 0.2) is 12.4 Å². The summed E-state index contributed by atoms with van der Waals surface area (Å²) in [5.74, 6) is 0.636. The van der Waals surface area contributed by atoms with Crippen molar-refractivity contribution in [2.24, 2.45) is 0 Å². The molecule has 0 spiro atoms. The zero-order valence-electron chi connectivity index (χ0n) is 9.91. The van der Waals surface area contributed by atoms with E-state index in [1.165, 1.54) is 12.4 Å². The zero-order chi connectivity index (χ0) is 12.3. The molecule has 1 aliphatic carbocycles. The number of aromatic nitrogens is 2. The van der Waals surface area contributed by atoms with E-state index in [1.807, 2.05) is 11.9 Å². The molecule has 0 radical (unpaired) electrons. The van der Waals surface area contributed by atoms with Crippen LogP contribution in [-0.4, -0.2) is 40.6 Å². The van der Waals surface area contributed by atoms with Gasteiger partial charge in [-0.3, -0.25) is 4.79 Å². The number of carbonyl (C=O) groups excluding carboxylic acids is 1. The van der Waals surface area contributed by atoms with Gasteiger partial charge in [0.25, 0.3) is 0 Å². The van der Waals surface area contributed by atoms with Gasteiger partial charge in [0.1, 0.15) is 0 Å². The molecule has 0 atom stereocenters. The molecular formula is C12H17N3O2. The number of aliphatic hydroxyl groups excluding tert-OH is 1. The Kier molecular flexibility index (Phi) is 3.68. The number of aliphatic hydroxyl groups is 1. The molecule has 1 fully saturated rings. The number of carbonyl (C=O) groups is 1. The van der Waals surface area contributed by atoms with Crippen molar-refractivity contribution >= 4 is 12.2 Å². The van der Waals surface area contributed by atoms with Gasteiger partial charge in [-0.15, -0.1) is 0 Å². The Balaban J connectivity index is 2.03. The molecule has 0 amide bonds. The van der Waals surface area contributed by atoms with Crippen LogP contribution in [0.5, 0.6) is 0 Å². The molecule has 1 heterocycles. The highest BCUT2D eigenvalue weighted by atomic mass is 16.3. The lowest BCUT2D eigenvalue weighted by molar-refractivity contribution is 0.112. The summed E-state index contributed by atoms with van der Waals surface area (Å²) in [6, 6.07) is 0.375.